The third kappa shape index (κ3) is 3.91. The van der Waals surface area contributed by atoms with Crippen LogP contribution in [0.25, 0.3) is 6.08 Å². The molecule has 4 atom stereocenters. The number of esters is 1. The van der Waals surface area contributed by atoms with Crippen LogP contribution in [0.4, 0.5) is 5.69 Å². The maximum Gasteiger partial charge on any atom is 0.308 e. The molecule has 3 aliphatic rings. The molecule has 1 amide bonds. The summed E-state index contributed by atoms with van der Waals surface area (Å²) in [6.45, 7) is 1.30. The number of carbonyl (C=O) groups excluding carboxylic acids is 4. The normalized spacial score (nSPS) is 22.5. The van der Waals surface area contributed by atoms with Gasteiger partial charge in [-0.15, -0.1) is 0 Å². The third-order valence-corrected chi connectivity index (χ3v) is 8.89. The number of anilines is 1. The fraction of sp³-hybridized carbons (Fsp3) is 0.167. The van der Waals surface area contributed by atoms with Crippen molar-refractivity contribution in [3.63, 3.8) is 0 Å². The van der Waals surface area contributed by atoms with Gasteiger partial charge in [0.1, 0.15) is 23.0 Å². The Labute approximate surface area is 253 Å². The summed E-state index contributed by atoms with van der Waals surface area (Å²) >= 11 is 0. The van der Waals surface area contributed by atoms with Crippen molar-refractivity contribution in [2.24, 2.45) is 5.92 Å². The Kier molecular flexibility index (Phi) is 6.43. The fourth-order valence-electron chi connectivity index (χ4n) is 7.21. The molecule has 0 saturated carbocycles. The summed E-state index contributed by atoms with van der Waals surface area (Å²) in [5, 5.41) is 3.05. The van der Waals surface area contributed by atoms with Crippen molar-refractivity contribution in [2.75, 3.05) is 12.4 Å². The third-order valence-electron chi connectivity index (χ3n) is 8.89. The lowest BCUT2D eigenvalue weighted by Gasteiger charge is -2.38. The highest BCUT2D eigenvalue weighted by Gasteiger charge is 2.70. The molecule has 3 aliphatic heterocycles. The van der Waals surface area contributed by atoms with Gasteiger partial charge in [-0.2, -0.15) is 0 Å². The van der Waals surface area contributed by atoms with Crippen molar-refractivity contribution >= 4 is 35.2 Å². The first kappa shape index (κ1) is 27.3. The molecule has 4 aromatic rings. The van der Waals surface area contributed by atoms with Gasteiger partial charge in [0.05, 0.1) is 24.6 Å². The number of hydrogen-bond donors (Lipinski definition) is 1. The first-order valence-electron chi connectivity index (χ1n) is 14.3. The minimum atomic E-state index is -1.45. The number of nitrogens with zero attached hydrogens (tertiary/aromatic N) is 1. The highest BCUT2D eigenvalue weighted by atomic mass is 16.5. The van der Waals surface area contributed by atoms with Gasteiger partial charge in [-0.1, -0.05) is 54.6 Å². The van der Waals surface area contributed by atoms with Gasteiger partial charge in [0.2, 0.25) is 5.91 Å². The number of Topliss-reactive ketones (excluding diaryl/α,β-unsaturated/α-hetero) is 2. The molecular formula is C36H28N2O6. The summed E-state index contributed by atoms with van der Waals surface area (Å²) < 4.78 is 10.8. The molecular weight excluding hydrogens is 556 g/mol. The number of benzene rings is 4. The zero-order chi connectivity index (χ0) is 30.6. The minimum absolute atomic E-state index is 0.289. The SMILES string of the molecule is COc1ccccc1C(=O)[C@@H]1[C@H](C(=O)c2ccc(OC(C)=O)cc2)N2C=Cc3ccccc3[C@H]2[C@@]12C(=O)Nc1ccccc12. The lowest BCUT2D eigenvalue weighted by molar-refractivity contribution is -0.131. The minimum Gasteiger partial charge on any atom is -0.496 e. The van der Waals surface area contributed by atoms with Crippen LogP contribution >= 0.6 is 0 Å². The van der Waals surface area contributed by atoms with Crippen LogP contribution in [0.3, 0.4) is 0 Å². The number of hydrogen-bond acceptors (Lipinski definition) is 7. The molecule has 0 aliphatic carbocycles. The molecule has 1 N–H and O–H groups in total. The van der Waals surface area contributed by atoms with Crippen molar-refractivity contribution < 1.29 is 28.7 Å². The van der Waals surface area contributed by atoms with Crippen LogP contribution in [0.1, 0.15) is 50.4 Å². The second kappa shape index (κ2) is 10.3. The second-order valence-electron chi connectivity index (χ2n) is 11.1. The average molecular weight is 585 g/mol. The van der Waals surface area contributed by atoms with E-state index in [-0.39, 0.29) is 23.0 Å². The fourth-order valence-corrected chi connectivity index (χ4v) is 7.21. The Morgan fingerprint density at radius 2 is 1.55 bits per heavy atom. The van der Waals surface area contributed by atoms with Gasteiger partial charge in [0.25, 0.3) is 0 Å². The van der Waals surface area contributed by atoms with Crippen molar-refractivity contribution in [3.05, 3.63) is 131 Å². The summed E-state index contributed by atoms with van der Waals surface area (Å²) in [5.41, 5.74) is 2.19. The number of methoxy groups -OCH3 is 1. The molecule has 8 nitrogen and oxygen atoms in total. The van der Waals surface area contributed by atoms with E-state index >= 15 is 0 Å². The number of ether oxygens (including phenoxy) is 2. The maximum atomic E-state index is 15.0. The molecule has 0 bridgehead atoms. The summed E-state index contributed by atoms with van der Waals surface area (Å²) in [7, 11) is 1.49. The Bertz CT molecular complexity index is 1880. The molecule has 0 unspecified atom stereocenters. The Morgan fingerprint density at radius 1 is 0.841 bits per heavy atom. The van der Waals surface area contributed by atoms with Gasteiger partial charge in [-0.05, 0) is 65.2 Å². The number of ketones is 2. The Morgan fingerprint density at radius 3 is 2.32 bits per heavy atom. The molecule has 44 heavy (non-hydrogen) atoms. The van der Waals surface area contributed by atoms with Crippen LogP contribution in [0.2, 0.25) is 0 Å². The predicted octanol–water partition coefficient (Wildman–Crippen LogP) is 5.60. The molecule has 0 radical (unpaired) electrons. The first-order valence-corrected chi connectivity index (χ1v) is 14.3. The second-order valence-corrected chi connectivity index (χ2v) is 11.1. The van der Waals surface area contributed by atoms with Crippen molar-refractivity contribution in [2.45, 2.75) is 24.4 Å². The maximum absolute atomic E-state index is 15.0. The molecule has 3 heterocycles. The van der Waals surface area contributed by atoms with Crippen molar-refractivity contribution in [1.82, 2.24) is 4.90 Å². The average Bonchev–Trinajstić information content (AvgIpc) is 3.52. The van der Waals surface area contributed by atoms with E-state index < -0.39 is 29.4 Å². The van der Waals surface area contributed by atoms with Gasteiger partial charge < -0.3 is 19.7 Å². The smallest absolute Gasteiger partial charge is 0.308 e. The molecule has 1 fully saturated rings. The van der Waals surface area contributed by atoms with E-state index in [4.69, 9.17) is 9.47 Å². The van der Waals surface area contributed by atoms with Crippen LogP contribution in [-0.4, -0.2) is 41.5 Å². The van der Waals surface area contributed by atoms with E-state index in [2.05, 4.69) is 5.32 Å². The topological polar surface area (TPSA) is 102 Å². The van der Waals surface area contributed by atoms with Crippen molar-refractivity contribution in [3.8, 4) is 11.5 Å². The number of carbonyl (C=O) groups is 4. The van der Waals surface area contributed by atoms with E-state index in [0.29, 0.717) is 28.3 Å². The summed E-state index contributed by atoms with van der Waals surface area (Å²) in [6.07, 6.45) is 3.74. The van der Waals surface area contributed by atoms with E-state index in [1.165, 1.54) is 14.0 Å². The Balaban J connectivity index is 1.49. The van der Waals surface area contributed by atoms with Gasteiger partial charge in [-0.3, -0.25) is 19.2 Å². The molecule has 4 aromatic carbocycles. The Hall–Kier alpha value is -5.50. The number of rotatable bonds is 6. The quantitative estimate of drug-likeness (QED) is 0.179. The van der Waals surface area contributed by atoms with Crippen LogP contribution < -0.4 is 14.8 Å². The standard InChI is InChI=1S/C36H28N2O6/c1-21(39)44-24-17-15-23(16-18-24)32(40)31-30(33(41)26-11-5-8-14-29(26)43-2)36(27-12-6-7-13-28(27)37-35(36)42)34-25-10-4-3-9-22(25)19-20-38(31)34/h3-20,30-31,34H,1-2H3,(H,37,42)/t30-,31+,34-,36-/m0/s1. The lowest BCUT2D eigenvalue weighted by atomic mass is 9.62. The monoisotopic (exact) mass is 584 g/mol. The zero-order valence-corrected chi connectivity index (χ0v) is 24.0. The summed E-state index contributed by atoms with van der Waals surface area (Å²) in [4.78, 5) is 57.6. The molecule has 8 heteroatoms. The predicted molar refractivity (Wildman–Crippen MR) is 163 cm³/mol. The highest BCUT2D eigenvalue weighted by Crippen LogP contribution is 2.62. The molecule has 1 saturated heterocycles. The summed E-state index contributed by atoms with van der Waals surface area (Å²) in [6, 6.07) is 26.6. The highest BCUT2D eigenvalue weighted by molar-refractivity contribution is 6.17. The van der Waals surface area contributed by atoms with Crippen molar-refractivity contribution in [1.29, 1.82) is 0 Å². The largest absolute Gasteiger partial charge is 0.496 e. The summed E-state index contributed by atoms with van der Waals surface area (Å²) in [5.74, 6) is -2.00. The van der Waals surface area contributed by atoms with Gasteiger partial charge in [0.15, 0.2) is 11.6 Å². The van der Waals surface area contributed by atoms with Gasteiger partial charge in [-0.25, -0.2) is 0 Å². The van der Waals surface area contributed by atoms with E-state index in [1.54, 1.807) is 48.5 Å². The van der Waals surface area contributed by atoms with Crippen LogP contribution in [0, 0.1) is 5.92 Å². The number of nitrogens with one attached hydrogen (secondary N) is 1. The first-order chi connectivity index (χ1) is 21.4. The zero-order valence-electron chi connectivity index (χ0n) is 24.0. The van der Waals surface area contributed by atoms with Crippen LogP contribution in [-0.2, 0) is 15.0 Å². The molecule has 218 valence electrons. The number of amides is 1. The van der Waals surface area contributed by atoms with Crippen LogP contribution in [0.15, 0.2) is 103 Å². The molecule has 1 spiro atoms. The van der Waals surface area contributed by atoms with E-state index in [1.807, 2.05) is 65.7 Å². The lowest BCUT2D eigenvalue weighted by Crippen LogP contribution is -2.49. The molecule has 7 rings (SSSR count). The number of para-hydroxylation sites is 2. The van der Waals surface area contributed by atoms with Gasteiger partial charge in [0, 0.05) is 24.4 Å². The van der Waals surface area contributed by atoms with E-state index in [0.717, 1.165) is 11.1 Å². The van der Waals surface area contributed by atoms with Gasteiger partial charge >= 0.3 is 5.97 Å². The van der Waals surface area contributed by atoms with E-state index in [9.17, 15) is 19.2 Å². The number of fused-ring (bicyclic) bond motifs is 6. The molecule has 0 aromatic heterocycles. The van der Waals surface area contributed by atoms with Crippen LogP contribution in [0.5, 0.6) is 11.5 Å².